The van der Waals surface area contributed by atoms with Crippen LogP contribution < -0.4 is 10.6 Å². The van der Waals surface area contributed by atoms with Crippen molar-refractivity contribution in [1.29, 1.82) is 0 Å². The number of aromatic nitrogens is 2. The molecule has 14 heavy (non-hydrogen) atoms. The minimum absolute atomic E-state index is 0.306. The van der Waals surface area contributed by atoms with E-state index in [2.05, 4.69) is 20.6 Å². The Balaban J connectivity index is 1.85. The van der Waals surface area contributed by atoms with E-state index < -0.39 is 0 Å². The lowest BCUT2D eigenvalue weighted by atomic mass is 9.68. The Hall–Kier alpha value is -0.710. The molecule has 2 N–H and O–H groups in total. The van der Waals surface area contributed by atoms with Gasteiger partial charge in [0.15, 0.2) is 0 Å². The Bertz CT molecular complexity index is 341. The summed E-state index contributed by atoms with van der Waals surface area (Å²) in [4.78, 5) is 8.49. The summed E-state index contributed by atoms with van der Waals surface area (Å²) in [5, 5.41) is 7.25. The first-order valence-electron chi connectivity index (χ1n) is 4.72. The predicted molar refractivity (Wildman–Crippen MR) is 53.1 cm³/mol. The Kier molecular flexibility index (Phi) is 1.77. The highest BCUT2D eigenvalue weighted by Crippen LogP contribution is 2.42. The molecule has 2 aliphatic heterocycles. The predicted octanol–water partition coefficient (Wildman–Crippen LogP) is 0.364. The van der Waals surface area contributed by atoms with Crippen LogP contribution in [0.25, 0.3) is 0 Å². The molecule has 1 aromatic heterocycles. The van der Waals surface area contributed by atoms with Crippen LogP contribution in [0.3, 0.4) is 0 Å². The number of rotatable bonds is 1. The van der Waals surface area contributed by atoms with E-state index in [4.69, 9.17) is 11.6 Å². The molecule has 1 atom stereocenters. The molecule has 0 aromatic carbocycles. The Labute approximate surface area is 87.1 Å². The SMILES string of the molecule is Clc1cnc(C2NCC23CNC3)nc1. The van der Waals surface area contributed by atoms with Gasteiger partial charge in [-0.25, -0.2) is 9.97 Å². The summed E-state index contributed by atoms with van der Waals surface area (Å²) in [7, 11) is 0. The fourth-order valence-corrected chi connectivity index (χ4v) is 2.20. The topological polar surface area (TPSA) is 49.8 Å². The third-order valence-electron chi connectivity index (χ3n) is 3.12. The molecule has 5 heteroatoms. The Morgan fingerprint density at radius 3 is 2.43 bits per heavy atom. The van der Waals surface area contributed by atoms with Crippen molar-refractivity contribution in [1.82, 2.24) is 20.6 Å². The van der Waals surface area contributed by atoms with Gasteiger partial charge in [-0.1, -0.05) is 11.6 Å². The van der Waals surface area contributed by atoms with Gasteiger partial charge in [0.1, 0.15) is 5.82 Å². The molecule has 1 unspecified atom stereocenters. The number of nitrogens with zero attached hydrogens (tertiary/aromatic N) is 2. The fourth-order valence-electron chi connectivity index (χ4n) is 2.10. The molecule has 2 aliphatic rings. The third-order valence-corrected chi connectivity index (χ3v) is 3.32. The summed E-state index contributed by atoms with van der Waals surface area (Å²) in [6.45, 7) is 3.20. The van der Waals surface area contributed by atoms with E-state index in [1.165, 1.54) is 0 Å². The Morgan fingerprint density at radius 2 is 2.00 bits per heavy atom. The van der Waals surface area contributed by atoms with Crippen LogP contribution in [0.1, 0.15) is 11.9 Å². The van der Waals surface area contributed by atoms with Crippen molar-refractivity contribution in [2.45, 2.75) is 6.04 Å². The van der Waals surface area contributed by atoms with E-state index >= 15 is 0 Å². The second kappa shape index (κ2) is 2.89. The van der Waals surface area contributed by atoms with E-state index in [0.717, 1.165) is 25.5 Å². The van der Waals surface area contributed by atoms with Crippen molar-refractivity contribution in [2.24, 2.45) is 5.41 Å². The third kappa shape index (κ3) is 1.08. The van der Waals surface area contributed by atoms with Gasteiger partial charge in [-0.2, -0.15) is 0 Å². The lowest BCUT2D eigenvalue weighted by molar-refractivity contribution is 0.0159. The maximum absolute atomic E-state index is 5.74. The van der Waals surface area contributed by atoms with Crippen LogP contribution in [0, 0.1) is 5.41 Å². The molecular formula is C9H11ClN4. The lowest BCUT2D eigenvalue weighted by Crippen LogP contribution is -2.71. The molecular weight excluding hydrogens is 200 g/mol. The number of halogens is 1. The van der Waals surface area contributed by atoms with Crippen molar-refractivity contribution < 1.29 is 0 Å². The highest BCUT2D eigenvalue weighted by Gasteiger charge is 2.52. The molecule has 1 aromatic rings. The zero-order valence-electron chi connectivity index (χ0n) is 7.63. The molecule has 0 radical (unpaired) electrons. The van der Waals surface area contributed by atoms with Gasteiger partial charge in [-0.05, 0) is 0 Å². The monoisotopic (exact) mass is 210 g/mol. The van der Waals surface area contributed by atoms with E-state index in [1.54, 1.807) is 12.4 Å². The first-order chi connectivity index (χ1) is 6.80. The van der Waals surface area contributed by atoms with Crippen LogP contribution in [0.4, 0.5) is 0 Å². The smallest absolute Gasteiger partial charge is 0.145 e. The maximum Gasteiger partial charge on any atom is 0.145 e. The summed E-state index contributed by atoms with van der Waals surface area (Å²) in [5.74, 6) is 0.863. The van der Waals surface area contributed by atoms with Gasteiger partial charge in [-0.3, -0.25) is 0 Å². The molecule has 0 saturated carbocycles. The number of hydrogen-bond acceptors (Lipinski definition) is 4. The molecule has 74 valence electrons. The van der Waals surface area contributed by atoms with Crippen molar-refractivity contribution in [3.8, 4) is 0 Å². The van der Waals surface area contributed by atoms with Gasteiger partial charge < -0.3 is 10.6 Å². The summed E-state index contributed by atoms with van der Waals surface area (Å²) < 4.78 is 0. The van der Waals surface area contributed by atoms with Gasteiger partial charge >= 0.3 is 0 Å². The van der Waals surface area contributed by atoms with E-state index in [-0.39, 0.29) is 0 Å². The summed E-state index contributed by atoms with van der Waals surface area (Å²) >= 11 is 5.74. The lowest BCUT2D eigenvalue weighted by Gasteiger charge is -2.55. The minimum Gasteiger partial charge on any atom is -0.315 e. The highest BCUT2D eigenvalue weighted by molar-refractivity contribution is 6.30. The summed E-state index contributed by atoms with van der Waals surface area (Å²) in [6.07, 6.45) is 3.31. The van der Waals surface area contributed by atoms with Crippen LogP contribution in [-0.2, 0) is 0 Å². The molecule has 0 amide bonds. The number of hydrogen-bond donors (Lipinski definition) is 2. The number of nitrogens with one attached hydrogen (secondary N) is 2. The van der Waals surface area contributed by atoms with Gasteiger partial charge in [-0.15, -0.1) is 0 Å². The molecule has 0 aliphatic carbocycles. The second-order valence-corrected chi connectivity index (χ2v) is 4.48. The second-order valence-electron chi connectivity index (χ2n) is 4.04. The van der Waals surface area contributed by atoms with Gasteiger partial charge in [0.2, 0.25) is 0 Å². The first-order valence-corrected chi connectivity index (χ1v) is 5.10. The minimum atomic E-state index is 0.306. The van der Waals surface area contributed by atoms with E-state index in [0.29, 0.717) is 16.5 Å². The molecule has 3 heterocycles. The van der Waals surface area contributed by atoms with Gasteiger partial charge in [0, 0.05) is 37.4 Å². The average Bonchev–Trinajstić information content (AvgIpc) is 2.04. The van der Waals surface area contributed by atoms with Crippen LogP contribution in [-0.4, -0.2) is 29.6 Å². The largest absolute Gasteiger partial charge is 0.315 e. The standard InChI is InChI=1S/C9H11ClN4/c10-6-1-12-8(13-2-6)7-9(5-14-7)3-11-4-9/h1-2,7,11,14H,3-5H2. The molecule has 4 nitrogen and oxygen atoms in total. The average molecular weight is 211 g/mol. The normalized spacial score (nSPS) is 28.2. The molecule has 2 saturated heterocycles. The summed E-state index contributed by atoms with van der Waals surface area (Å²) in [6, 6.07) is 0.306. The van der Waals surface area contributed by atoms with E-state index in [9.17, 15) is 0 Å². The van der Waals surface area contributed by atoms with Crippen LogP contribution in [0.2, 0.25) is 5.02 Å². The molecule has 2 fully saturated rings. The van der Waals surface area contributed by atoms with Gasteiger partial charge in [0.25, 0.3) is 0 Å². The zero-order valence-corrected chi connectivity index (χ0v) is 8.38. The van der Waals surface area contributed by atoms with Crippen molar-refractivity contribution in [3.63, 3.8) is 0 Å². The van der Waals surface area contributed by atoms with Crippen LogP contribution in [0.15, 0.2) is 12.4 Å². The van der Waals surface area contributed by atoms with Gasteiger partial charge in [0.05, 0.1) is 11.1 Å². The quantitative estimate of drug-likeness (QED) is 0.703. The molecule has 0 bridgehead atoms. The zero-order chi connectivity index (χ0) is 9.60. The highest BCUT2D eigenvalue weighted by atomic mass is 35.5. The van der Waals surface area contributed by atoms with Crippen LogP contribution >= 0.6 is 11.6 Å². The van der Waals surface area contributed by atoms with E-state index in [1.807, 2.05) is 0 Å². The summed E-state index contributed by atoms with van der Waals surface area (Å²) in [5.41, 5.74) is 0.369. The van der Waals surface area contributed by atoms with Crippen LogP contribution in [0.5, 0.6) is 0 Å². The first kappa shape index (κ1) is 8.59. The van der Waals surface area contributed by atoms with Crippen molar-refractivity contribution in [3.05, 3.63) is 23.2 Å². The van der Waals surface area contributed by atoms with Crippen molar-refractivity contribution >= 4 is 11.6 Å². The fraction of sp³-hybridized carbons (Fsp3) is 0.556. The van der Waals surface area contributed by atoms with Crippen molar-refractivity contribution in [2.75, 3.05) is 19.6 Å². The molecule has 1 spiro atoms. The maximum atomic E-state index is 5.74. The Morgan fingerprint density at radius 1 is 1.29 bits per heavy atom. The molecule has 3 rings (SSSR count).